The van der Waals surface area contributed by atoms with Gasteiger partial charge < -0.3 is 5.32 Å². The molecule has 0 aliphatic heterocycles. The van der Waals surface area contributed by atoms with Crippen LogP contribution in [0, 0.1) is 17.6 Å². The largest absolute Gasteiger partial charge is 0.319 e. The predicted molar refractivity (Wildman–Crippen MR) is 57.9 cm³/mol. The van der Waals surface area contributed by atoms with Gasteiger partial charge in [-0.1, -0.05) is 19.9 Å². The average Bonchev–Trinajstić information content (AvgIpc) is 2.17. The Balaban J connectivity index is 2.94. The number of hydrogen-bond acceptors (Lipinski definition) is 1. The molecule has 0 radical (unpaired) electrons. The normalized spacial score (nSPS) is 15.0. The van der Waals surface area contributed by atoms with Crippen LogP contribution in [0.1, 0.15) is 25.3 Å². The van der Waals surface area contributed by atoms with E-state index in [-0.39, 0.29) is 17.4 Å². The molecule has 0 spiro atoms. The van der Waals surface area contributed by atoms with E-state index in [1.165, 1.54) is 18.2 Å². The molecule has 0 heterocycles. The van der Waals surface area contributed by atoms with Crippen LogP contribution in [0.2, 0.25) is 0 Å². The topological polar surface area (TPSA) is 12.0 Å². The zero-order valence-corrected chi connectivity index (χ0v) is 9.35. The maximum Gasteiger partial charge on any atom is 0.129 e. The van der Waals surface area contributed by atoms with Crippen LogP contribution in [0.5, 0.6) is 0 Å². The lowest BCUT2D eigenvalue weighted by atomic mass is 9.88. The highest BCUT2D eigenvalue weighted by molar-refractivity contribution is 5.23. The molecule has 1 aromatic rings. The second kappa shape index (κ2) is 5.21. The highest BCUT2D eigenvalue weighted by Crippen LogP contribution is 2.28. The number of hydrogen-bond donors (Lipinski definition) is 1. The van der Waals surface area contributed by atoms with Gasteiger partial charge in [0.2, 0.25) is 0 Å². The van der Waals surface area contributed by atoms with Crippen molar-refractivity contribution in [1.82, 2.24) is 5.32 Å². The molecule has 0 bridgehead atoms. The van der Waals surface area contributed by atoms with Gasteiger partial charge in [-0.3, -0.25) is 0 Å². The summed E-state index contributed by atoms with van der Waals surface area (Å²) in [4.78, 5) is 0. The molecule has 2 atom stereocenters. The summed E-state index contributed by atoms with van der Waals surface area (Å²) in [5, 5.41) is 3.01. The Bertz CT molecular complexity index is 305. The SMILES string of the molecule is CNCC(C)C(C)c1c(F)cccc1F. The highest BCUT2D eigenvalue weighted by atomic mass is 19.1. The number of rotatable bonds is 4. The maximum atomic E-state index is 13.4. The molecule has 0 saturated carbocycles. The van der Waals surface area contributed by atoms with Crippen molar-refractivity contribution in [3.05, 3.63) is 35.4 Å². The van der Waals surface area contributed by atoms with E-state index in [2.05, 4.69) is 5.32 Å². The van der Waals surface area contributed by atoms with Crippen molar-refractivity contribution >= 4 is 0 Å². The second-order valence-electron chi connectivity index (χ2n) is 3.96. The van der Waals surface area contributed by atoms with Crippen molar-refractivity contribution in [3.8, 4) is 0 Å². The first-order chi connectivity index (χ1) is 7.07. The summed E-state index contributed by atoms with van der Waals surface area (Å²) in [6.07, 6.45) is 0. The third-order valence-corrected chi connectivity index (χ3v) is 2.83. The van der Waals surface area contributed by atoms with Crippen molar-refractivity contribution in [2.75, 3.05) is 13.6 Å². The molecular formula is C12H17F2N. The zero-order valence-electron chi connectivity index (χ0n) is 9.35. The van der Waals surface area contributed by atoms with E-state index in [0.717, 1.165) is 6.54 Å². The van der Waals surface area contributed by atoms with Gasteiger partial charge in [0.1, 0.15) is 11.6 Å². The fourth-order valence-electron chi connectivity index (χ4n) is 1.73. The van der Waals surface area contributed by atoms with E-state index in [1.54, 1.807) is 0 Å². The molecule has 1 rings (SSSR count). The van der Waals surface area contributed by atoms with Crippen LogP contribution in [-0.4, -0.2) is 13.6 Å². The molecule has 0 aliphatic carbocycles. The summed E-state index contributed by atoms with van der Waals surface area (Å²) < 4.78 is 26.9. The van der Waals surface area contributed by atoms with Crippen LogP contribution in [0.25, 0.3) is 0 Å². The Morgan fingerprint density at radius 2 is 1.73 bits per heavy atom. The van der Waals surface area contributed by atoms with Gasteiger partial charge in [-0.15, -0.1) is 0 Å². The minimum atomic E-state index is -0.453. The predicted octanol–water partition coefficient (Wildman–Crippen LogP) is 2.92. The third-order valence-electron chi connectivity index (χ3n) is 2.83. The standard InChI is InChI=1S/C12H17F2N/c1-8(7-15-3)9(2)12-10(13)5-4-6-11(12)14/h4-6,8-9,15H,7H2,1-3H3. The van der Waals surface area contributed by atoms with E-state index in [4.69, 9.17) is 0 Å². The summed E-state index contributed by atoms with van der Waals surface area (Å²) in [7, 11) is 1.83. The molecular weight excluding hydrogens is 196 g/mol. The quantitative estimate of drug-likeness (QED) is 0.810. The minimum Gasteiger partial charge on any atom is -0.319 e. The lowest BCUT2D eigenvalue weighted by Crippen LogP contribution is -2.22. The summed E-state index contributed by atoms with van der Waals surface area (Å²) in [6.45, 7) is 4.57. The van der Waals surface area contributed by atoms with Gasteiger partial charge >= 0.3 is 0 Å². The van der Waals surface area contributed by atoms with Crippen molar-refractivity contribution in [2.45, 2.75) is 19.8 Å². The van der Waals surface area contributed by atoms with Gasteiger partial charge in [0.15, 0.2) is 0 Å². The fourth-order valence-corrected chi connectivity index (χ4v) is 1.73. The third kappa shape index (κ3) is 2.75. The van der Waals surface area contributed by atoms with Crippen LogP contribution in [0.3, 0.4) is 0 Å². The van der Waals surface area contributed by atoms with E-state index < -0.39 is 11.6 Å². The Morgan fingerprint density at radius 3 is 2.20 bits per heavy atom. The molecule has 1 aromatic carbocycles. The summed E-state index contributed by atoms with van der Waals surface area (Å²) in [5.74, 6) is -0.837. The molecule has 0 saturated heterocycles. The monoisotopic (exact) mass is 213 g/mol. The molecule has 1 N–H and O–H groups in total. The number of benzene rings is 1. The molecule has 1 nitrogen and oxygen atoms in total. The van der Waals surface area contributed by atoms with Crippen molar-refractivity contribution in [2.24, 2.45) is 5.92 Å². The van der Waals surface area contributed by atoms with E-state index in [0.29, 0.717) is 0 Å². The van der Waals surface area contributed by atoms with Crippen LogP contribution in [0.4, 0.5) is 8.78 Å². The number of nitrogens with one attached hydrogen (secondary N) is 1. The Kier molecular flexibility index (Phi) is 4.21. The van der Waals surface area contributed by atoms with Crippen molar-refractivity contribution in [3.63, 3.8) is 0 Å². The van der Waals surface area contributed by atoms with Gasteiger partial charge in [0.25, 0.3) is 0 Å². The number of halogens is 2. The Labute approximate surface area is 89.5 Å². The van der Waals surface area contributed by atoms with Gasteiger partial charge in [0, 0.05) is 5.56 Å². The zero-order chi connectivity index (χ0) is 11.4. The molecule has 3 heteroatoms. The van der Waals surface area contributed by atoms with Crippen LogP contribution >= 0.6 is 0 Å². The van der Waals surface area contributed by atoms with Crippen molar-refractivity contribution < 1.29 is 8.78 Å². The molecule has 15 heavy (non-hydrogen) atoms. The molecule has 2 unspecified atom stereocenters. The fraction of sp³-hybridized carbons (Fsp3) is 0.500. The average molecular weight is 213 g/mol. The molecule has 0 amide bonds. The Hall–Kier alpha value is -0.960. The molecule has 0 fully saturated rings. The van der Waals surface area contributed by atoms with E-state index >= 15 is 0 Å². The van der Waals surface area contributed by atoms with Crippen molar-refractivity contribution in [1.29, 1.82) is 0 Å². The van der Waals surface area contributed by atoms with Gasteiger partial charge in [-0.2, -0.15) is 0 Å². The maximum absolute atomic E-state index is 13.4. The van der Waals surface area contributed by atoms with E-state index in [1.807, 2.05) is 20.9 Å². The second-order valence-corrected chi connectivity index (χ2v) is 3.96. The smallest absolute Gasteiger partial charge is 0.129 e. The summed E-state index contributed by atoms with van der Waals surface area (Å²) >= 11 is 0. The van der Waals surface area contributed by atoms with Gasteiger partial charge in [0.05, 0.1) is 0 Å². The first-order valence-electron chi connectivity index (χ1n) is 5.16. The van der Waals surface area contributed by atoms with Crippen LogP contribution < -0.4 is 5.32 Å². The molecule has 0 aromatic heterocycles. The molecule has 0 aliphatic rings. The van der Waals surface area contributed by atoms with Gasteiger partial charge in [-0.25, -0.2) is 8.78 Å². The lowest BCUT2D eigenvalue weighted by molar-refractivity contribution is 0.430. The molecule has 84 valence electrons. The Morgan fingerprint density at radius 1 is 1.20 bits per heavy atom. The van der Waals surface area contributed by atoms with E-state index in [9.17, 15) is 8.78 Å². The highest BCUT2D eigenvalue weighted by Gasteiger charge is 2.20. The van der Waals surface area contributed by atoms with Crippen LogP contribution in [0.15, 0.2) is 18.2 Å². The first-order valence-corrected chi connectivity index (χ1v) is 5.16. The van der Waals surface area contributed by atoms with Crippen LogP contribution in [-0.2, 0) is 0 Å². The minimum absolute atomic E-state index is 0.126. The first kappa shape index (κ1) is 12.1. The summed E-state index contributed by atoms with van der Waals surface area (Å²) in [6, 6.07) is 4.01. The summed E-state index contributed by atoms with van der Waals surface area (Å²) in [5.41, 5.74) is 0.195. The lowest BCUT2D eigenvalue weighted by Gasteiger charge is -2.20. The van der Waals surface area contributed by atoms with Gasteiger partial charge in [-0.05, 0) is 37.6 Å².